The number of amides is 1. The maximum atomic E-state index is 12.7. The van der Waals surface area contributed by atoms with Crippen LogP contribution in [0.5, 0.6) is 5.75 Å². The van der Waals surface area contributed by atoms with Crippen LogP contribution < -0.4 is 14.8 Å². The molecule has 1 amide bonds. The molecule has 0 radical (unpaired) electrons. The van der Waals surface area contributed by atoms with E-state index in [2.05, 4.69) is 26.0 Å². The van der Waals surface area contributed by atoms with Gasteiger partial charge in [-0.05, 0) is 71.6 Å². The highest BCUT2D eigenvalue weighted by atomic mass is 79.9. The van der Waals surface area contributed by atoms with Gasteiger partial charge in [-0.25, -0.2) is 8.42 Å². The van der Waals surface area contributed by atoms with Crippen LogP contribution in [-0.2, 0) is 14.8 Å². The van der Waals surface area contributed by atoms with Crippen LogP contribution in [0.2, 0.25) is 0 Å². The van der Waals surface area contributed by atoms with Gasteiger partial charge in [0.15, 0.2) is 0 Å². The standard InChI is InChI=1S/C19H21BrN2O4S/c1-3-26-18-8-7-14(11-17(18)20)22-27(24,25)15-6-4-5-13(10-15)21-19(23)16-9-12(16)2/h4-8,10-12,16,22H,3,9H2,1-2H3,(H,21,23)/t12-,16-/m0/s1. The third-order valence-electron chi connectivity index (χ3n) is 4.34. The van der Waals surface area contributed by atoms with E-state index >= 15 is 0 Å². The quantitative estimate of drug-likeness (QED) is 0.657. The Morgan fingerprint density at radius 1 is 1.22 bits per heavy atom. The second-order valence-corrected chi connectivity index (χ2v) is 9.06. The fourth-order valence-corrected chi connectivity index (χ4v) is 4.30. The van der Waals surface area contributed by atoms with Crippen LogP contribution in [0.1, 0.15) is 20.3 Å². The fraction of sp³-hybridized carbons (Fsp3) is 0.316. The number of carbonyl (C=O) groups is 1. The van der Waals surface area contributed by atoms with Crippen molar-refractivity contribution in [2.75, 3.05) is 16.6 Å². The van der Waals surface area contributed by atoms with E-state index in [-0.39, 0.29) is 16.7 Å². The maximum absolute atomic E-state index is 12.7. The van der Waals surface area contributed by atoms with Crippen molar-refractivity contribution in [2.45, 2.75) is 25.2 Å². The van der Waals surface area contributed by atoms with Gasteiger partial charge in [-0.3, -0.25) is 9.52 Å². The highest BCUT2D eigenvalue weighted by Crippen LogP contribution is 2.38. The molecule has 0 aromatic heterocycles. The molecule has 8 heteroatoms. The van der Waals surface area contributed by atoms with Crippen molar-refractivity contribution in [3.63, 3.8) is 0 Å². The van der Waals surface area contributed by atoms with Gasteiger partial charge in [0, 0.05) is 11.6 Å². The number of nitrogens with one attached hydrogen (secondary N) is 2. The van der Waals surface area contributed by atoms with Crippen LogP contribution in [0.4, 0.5) is 11.4 Å². The fourth-order valence-electron chi connectivity index (χ4n) is 2.71. The van der Waals surface area contributed by atoms with E-state index in [4.69, 9.17) is 4.74 Å². The zero-order valence-electron chi connectivity index (χ0n) is 15.0. The molecule has 2 N–H and O–H groups in total. The Balaban J connectivity index is 1.75. The number of benzene rings is 2. The van der Waals surface area contributed by atoms with Crippen molar-refractivity contribution in [1.82, 2.24) is 0 Å². The van der Waals surface area contributed by atoms with Gasteiger partial charge < -0.3 is 10.1 Å². The topological polar surface area (TPSA) is 84.5 Å². The second kappa shape index (κ2) is 7.90. The van der Waals surface area contributed by atoms with E-state index in [1.807, 2.05) is 13.8 Å². The van der Waals surface area contributed by atoms with Gasteiger partial charge in [-0.2, -0.15) is 0 Å². The monoisotopic (exact) mass is 452 g/mol. The molecule has 1 fully saturated rings. The second-order valence-electron chi connectivity index (χ2n) is 6.52. The molecule has 0 unspecified atom stereocenters. The van der Waals surface area contributed by atoms with Crippen LogP contribution >= 0.6 is 15.9 Å². The molecular formula is C19H21BrN2O4S. The number of rotatable bonds is 7. The lowest BCUT2D eigenvalue weighted by Gasteiger charge is -2.12. The van der Waals surface area contributed by atoms with Crippen LogP contribution in [0.3, 0.4) is 0 Å². The minimum absolute atomic E-state index is 0.0181. The van der Waals surface area contributed by atoms with E-state index in [0.717, 1.165) is 6.42 Å². The molecule has 6 nitrogen and oxygen atoms in total. The summed E-state index contributed by atoms with van der Waals surface area (Å²) in [5.41, 5.74) is 0.876. The van der Waals surface area contributed by atoms with Gasteiger partial charge in [0.05, 0.1) is 21.7 Å². The third-order valence-corrected chi connectivity index (χ3v) is 6.34. The minimum Gasteiger partial charge on any atom is -0.493 e. The number of ether oxygens (including phenoxy) is 1. The average Bonchev–Trinajstić information content (AvgIpc) is 3.34. The molecule has 2 aromatic rings. The normalized spacial score (nSPS) is 18.6. The first-order valence-electron chi connectivity index (χ1n) is 8.66. The SMILES string of the molecule is CCOc1ccc(NS(=O)(=O)c2cccc(NC(=O)[C@H]3C[C@@H]3C)c2)cc1Br. The van der Waals surface area contributed by atoms with Crippen molar-refractivity contribution in [3.05, 3.63) is 46.9 Å². The predicted octanol–water partition coefficient (Wildman–Crippen LogP) is 4.24. The Hall–Kier alpha value is -2.06. The number of hydrogen-bond donors (Lipinski definition) is 2. The molecule has 0 bridgehead atoms. The highest BCUT2D eigenvalue weighted by Gasteiger charge is 2.39. The van der Waals surface area contributed by atoms with E-state index in [0.29, 0.717) is 34.1 Å². The van der Waals surface area contributed by atoms with Gasteiger partial charge in [0.25, 0.3) is 10.0 Å². The number of carbonyl (C=O) groups excluding carboxylic acids is 1. The lowest BCUT2D eigenvalue weighted by Crippen LogP contribution is -2.16. The first kappa shape index (κ1) is 19.7. The van der Waals surface area contributed by atoms with Gasteiger partial charge in [0.1, 0.15) is 5.75 Å². The van der Waals surface area contributed by atoms with E-state index < -0.39 is 10.0 Å². The van der Waals surface area contributed by atoms with Crippen molar-refractivity contribution >= 4 is 43.2 Å². The van der Waals surface area contributed by atoms with E-state index in [1.165, 1.54) is 12.1 Å². The highest BCUT2D eigenvalue weighted by molar-refractivity contribution is 9.10. The molecule has 2 aromatic carbocycles. The molecule has 1 saturated carbocycles. The van der Waals surface area contributed by atoms with Crippen molar-refractivity contribution in [3.8, 4) is 5.75 Å². The first-order valence-corrected chi connectivity index (χ1v) is 10.9. The summed E-state index contributed by atoms with van der Waals surface area (Å²) in [6, 6.07) is 11.2. The van der Waals surface area contributed by atoms with E-state index in [9.17, 15) is 13.2 Å². The molecule has 0 heterocycles. The third kappa shape index (κ3) is 4.81. The summed E-state index contributed by atoms with van der Waals surface area (Å²) in [6.45, 7) is 4.41. The number of hydrogen-bond acceptors (Lipinski definition) is 4. The van der Waals surface area contributed by atoms with Crippen LogP contribution in [0.15, 0.2) is 51.8 Å². The summed E-state index contributed by atoms with van der Waals surface area (Å²) in [4.78, 5) is 12.1. The van der Waals surface area contributed by atoms with Crippen molar-refractivity contribution in [1.29, 1.82) is 0 Å². The summed E-state index contributed by atoms with van der Waals surface area (Å²) in [5, 5.41) is 2.79. The first-order chi connectivity index (χ1) is 12.8. The molecule has 0 saturated heterocycles. The van der Waals surface area contributed by atoms with Crippen LogP contribution in [-0.4, -0.2) is 20.9 Å². The summed E-state index contributed by atoms with van der Waals surface area (Å²) in [6.07, 6.45) is 0.873. The number of halogens is 1. The Bertz CT molecular complexity index is 962. The zero-order chi connectivity index (χ0) is 19.6. The summed E-state index contributed by atoms with van der Waals surface area (Å²) >= 11 is 3.37. The maximum Gasteiger partial charge on any atom is 0.261 e. The van der Waals surface area contributed by atoms with Crippen molar-refractivity contribution < 1.29 is 17.9 Å². The van der Waals surface area contributed by atoms with Gasteiger partial charge in [0.2, 0.25) is 5.91 Å². The van der Waals surface area contributed by atoms with E-state index in [1.54, 1.807) is 30.3 Å². The smallest absolute Gasteiger partial charge is 0.261 e. The van der Waals surface area contributed by atoms with Gasteiger partial charge >= 0.3 is 0 Å². The molecule has 1 aliphatic rings. The Kier molecular flexibility index (Phi) is 5.76. The largest absolute Gasteiger partial charge is 0.493 e. The summed E-state index contributed by atoms with van der Waals surface area (Å²) < 4.78 is 34.0. The minimum atomic E-state index is -3.79. The molecule has 144 valence electrons. The Morgan fingerprint density at radius 2 is 1.96 bits per heavy atom. The predicted molar refractivity (Wildman–Crippen MR) is 108 cm³/mol. The summed E-state index contributed by atoms with van der Waals surface area (Å²) in [7, 11) is -3.79. The molecular weight excluding hydrogens is 432 g/mol. The zero-order valence-corrected chi connectivity index (χ0v) is 17.4. The van der Waals surface area contributed by atoms with Crippen LogP contribution in [0.25, 0.3) is 0 Å². The van der Waals surface area contributed by atoms with Crippen LogP contribution in [0, 0.1) is 11.8 Å². The lowest BCUT2D eigenvalue weighted by atomic mass is 10.3. The van der Waals surface area contributed by atoms with Crippen molar-refractivity contribution in [2.24, 2.45) is 11.8 Å². The molecule has 1 aliphatic carbocycles. The Labute approximate surface area is 167 Å². The molecule has 0 aliphatic heterocycles. The molecule has 0 spiro atoms. The summed E-state index contributed by atoms with van der Waals surface area (Å²) in [5.74, 6) is 0.973. The average molecular weight is 453 g/mol. The molecule has 2 atom stereocenters. The van der Waals surface area contributed by atoms with Gasteiger partial charge in [-0.1, -0.05) is 13.0 Å². The number of anilines is 2. The lowest BCUT2D eigenvalue weighted by molar-refractivity contribution is -0.117. The molecule has 3 rings (SSSR count). The molecule has 27 heavy (non-hydrogen) atoms. The Morgan fingerprint density at radius 3 is 2.59 bits per heavy atom. The number of sulfonamides is 1. The van der Waals surface area contributed by atoms with Gasteiger partial charge in [-0.15, -0.1) is 0 Å².